The Bertz CT molecular complexity index is 277. The zero-order valence-corrected chi connectivity index (χ0v) is 8.19. The van der Waals surface area contributed by atoms with E-state index in [0.29, 0.717) is 10.2 Å². The Labute approximate surface area is 76.5 Å². The van der Waals surface area contributed by atoms with E-state index in [1.165, 1.54) is 0 Å². The highest BCUT2D eigenvalue weighted by atomic mass is 79.9. The third-order valence-electron chi connectivity index (χ3n) is 1.33. The van der Waals surface area contributed by atoms with Crippen LogP contribution in [0.15, 0.2) is 29.2 Å². The van der Waals surface area contributed by atoms with Crippen molar-refractivity contribution in [2.24, 2.45) is 5.14 Å². The van der Waals surface area contributed by atoms with Gasteiger partial charge in [0.05, 0.1) is 4.90 Å². The van der Waals surface area contributed by atoms with Gasteiger partial charge in [-0.1, -0.05) is 34.1 Å². The van der Waals surface area contributed by atoms with Crippen molar-refractivity contribution in [1.82, 2.24) is 0 Å². The van der Waals surface area contributed by atoms with Gasteiger partial charge in [0.15, 0.2) is 0 Å². The molecule has 0 saturated carbocycles. The van der Waals surface area contributed by atoms with E-state index >= 15 is 0 Å². The zero-order valence-electron chi connectivity index (χ0n) is 5.79. The SMILES string of the molecule is NS(=O)c1ccccc1CBr. The molecule has 0 aliphatic rings. The minimum absolute atomic E-state index is 0.687. The van der Waals surface area contributed by atoms with Crippen LogP contribution in [0.4, 0.5) is 0 Å². The third-order valence-corrected chi connectivity index (χ3v) is 2.77. The first-order valence-corrected chi connectivity index (χ1v) is 5.39. The van der Waals surface area contributed by atoms with Crippen molar-refractivity contribution in [2.45, 2.75) is 10.2 Å². The fourth-order valence-electron chi connectivity index (χ4n) is 0.810. The molecular weight excluding hydrogens is 226 g/mol. The normalized spacial score (nSPS) is 12.9. The fraction of sp³-hybridized carbons (Fsp3) is 0.143. The minimum Gasteiger partial charge on any atom is -0.248 e. The van der Waals surface area contributed by atoms with Gasteiger partial charge in [0.25, 0.3) is 0 Å². The first-order valence-electron chi connectivity index (χ1n) is 3.05. The quantitative estimate of drug-likeness (QED) is 0.775. The van der Waals surface area contributed by atoms with Crippen molar-refractivity contribution in [3.8, 4) is 0 Å². The highest BCUT2D eigenvalue weighted by molar-refractivity contribution is 9.08. The molecule has 0 aliphatic carbocycles. The zero-order chi connectivity index (χ0) is 8.27. The highest BCUT2D eigenvalue weighted by Gasteiger charge is 2.02. The molecule has 1 rings (SSSR count). The Balaban J connectivity index is 3.12. The Morgan fingerprint density at radius 2 is 2.09 bits per heavy atom. The molecule has 1 atom stereocenters. The maximum absolute atomic E-state index is 10.9. The van der Waals surface area contributed by atoms with E-state index in [1.807, 2.05) is 18.2 Å². The average molecular weight is 234 g/mol. The van der Waals surface area contributed by atoms with Crippen LogP contribution < -0.4 is 5.14 Å². The van der Waals surface area contributed by atoms with E-state index in [1.54, 1.807) is 6.07 Å². The number of nitrogens with two attached hydrogens (primary N) is 1. The van der Waals surface area contributed by atoms with E-state index < -0.39 is 11.0 Å². The van der Waals surface area contributed by atoms with Crippen molar-refractivity contribution in [3.63, 3.8) is 0 Å². The Hall–Kier alpha value is -0.190. The van der Waals surface area contributed by atoms with Crippen molar-refractivity contribution >= 4 is 26.9 Å². The van der Waals surface area contributed by atoms with Gasteiger partial charge < -0.3 is 0 Å². The van der Waals surface area contributed by atoms with E-state index in [0.717, 1.165) is 5.56 Å². The Morgan fingerprint density at radius 3 is 2.55 bits per heavy atom. The molecule has 0 aromatic heterocycles. The van der Waals surface area contributed by atoms with Crippen molar-refractivity contribution in [3.05, 3.63) is 29.8 Å². The van der Waals surface area contributed by atoms with Crippen molar-refractivity contribution in [1.29, 1.82) is 0 Å². The summed E-state index contributed by atoms with van der Waals surface area (Å²) in [6.07, 6.45) is 0. The van der Waals surface area contributed by atoms with Gasteiger partial charge in [0.2, 0.25) is 0 Å². The van der Waals surface area contributed by atoms with Crippen LogP contribution in [0.1, 0.15) is 5.56 Å². The van der Waals surface area contributed by atoms with Crippen LogP contribution >= 0.6 is 15.9 Å². The van der Waals surface area contributed by atoms with Gasteiger partial charge in [-0.05, 0) is 11.6 Å². The number of rotatable bonds is 2. The Kier molecular flexibility index (Phi) is 3.23. The summed E-state index contributed by atoms with van der Waals surface area (Å²) in [4.78, 5) is 0.698. The minimum atomic E-state index is -1.37. The smallest absolute Gasteiger partial charge is 0.122 e. The highest BCUT2D eigenvalue weighted by Crippen LogP contribution is 2.13. The molecule has 2 nitrogen and oxygen atoms in total. The second-order valence-corrected chi connectivity index (χ2v) is 3.63. The van der Waals surface area contributed by atoms with Crippen LogP contribution in [0, 0.1) is 0 Å². The van der Waals surface area contributed by atoms with E-state index in [2.05, 4.69) is 15.9 Å². The molecule has 11 heavy (non-hydrogen) atoms. The van der Waals surface area contributed by atoms with Crippen molar-refractivity contribution < 1.29 is 4.21 Å². The Morgan fingerprint density at radius 1 is 1.45 bits per heavy atom. The monoisotopic (exact) mass is 233 g/mol. The maximum Gasteiger partial charge on any atom is 0.122 e. The van der Waals surface area contributed by atoms with Crippen LogP contribution in [0.3, 0.4) is 0 Å². The summed E-state index contributed by atoms with van der Waals surface area (Å²) in [5, 5.41) is 5.93. The molecule has 2 N–H and O–H groups in total. The molecule has 0 fully saturated rings. The lowest BCUT2D eigenvalue weighted by Crippen LogP contribution is -2.04. The second kappa shape index (κ2) is 3.99. The molecule has 4 heteroatoms. The molecule has 0 heterocycles. The van der Waals surface area contributed by atoms with Crippen LogP contribution in [-0.4, -0.2) is 4.21 Å². The topological polar surface area (TPSA) is 43.1 Å². The molecule has 0 saturated heterocycles. The van der Waals surface area contributed by atoms with Gasteiger partial charge in [0.1, 0.15) is 11.0 Å². The number of alkyl halides is 1. The molecule has 1 aromatic rings. The lowest BCUT2D eigenvalue weighted by molar-refractivity contribution is 0.684. The molecule has 1 aromatic carbocycles. The lowest BCUT2D eigenvalue weighted by Gasteiger charge is -2.01. The summed E-state index contributed by atoms with van der Waals surface area (Å²) in [5.41, 5.74) is 0.980. The molecule has 0 radical (unpaired) electrons. The van der Waals surface area contributed by atoms with Crippen LogP contribution in [0.2, 0.25) is 0 Å². The van der Waals surface area contributed by atoms with E-state index in [-0.39, 0.29) is 0 Å². The summed E-state index contributed by atoms with van der Waals surface area (Å²) in [6.45, 7) is 0. The summed E-state index contributed by atoms with van der Waals surface area (Å²) in [7, 11) is -1.37. The molecule has 1 unspecified atom stereocenters. The van der Waals surface area contributed by atoms with Crippen LogP contribution in [0.5, 0.6) is 0 Å². The number of benzene rings is 1. The van der Waals surface area contributed by atoms with Gasteiger partial charge in [-0.2, -0.15) is 0 Å². The third kappa shape index (κ3) is 2.12. The number of halogens is 1. The molecule has 0 aliphatic heterocycles. The van der Waals surface area contributed by atoms with E-state index in [9.17, 15) is 4.21 Å². The van der Waals surface area contributed by atoms with Gasteiger partial charge in [0, 0.05) is 5.33 Å². The molecular formula is C7H8BrNOS. The summed E-state index contributed by atoms with van der Waals surface area (Å²) >= 11 is 3.29. The van der Waals surface area contributed by atoms with Gasteiger partial charge in [-0.3, -0.25) is 0 Å². The molecule has 0 amide bonds. The largest absolute Gasteiger partial charge is 0.248 e. The molecule has 0 spiro atoms. The van der Waals surface area contributed by atoms with E-state index in [4.69, 9.17) is 5.14 Å². The summed E-state index contributed by atoms with van der Waals surface area (Å²) in [5.74, 6) is 0. The maximum atomic E-state index is 10.9. The predicted molar refractivity (Wildman–Crippen MR) is 49.7 cm³/mol. The van der Waals surface area contributed by atoms with Gasteiger partial charge in [-0.25, -0.2) is 9.35 Å². The van der Waals surface area contributed by atoms with Crippen LogP contribution in [0.25, 0.3) is 0 Å². The average Bonchev–Trinajstić information content (AvgIpc) is 2.04. The first kappa shape index (κ1) is 8.90. The summed E-state index contributed by atoms with van der Waals surface area (Å²) < 4.78 is 10.9. The first-order chi connectivity index (χ1) is 5.25. The number of hydrogen-bond donors (Lipinski definition) is 1. The number of hydrogen-bond acceptors (Lipinski definition) is 1. The molecule has 60 valence electrons. The van der Waals surface area contributed by atoms with Crippen LogP contribution in [-0.2, 0) is 16.3 Å². The van der Waals surface area contributed by atoms with Crippen molar-refractivity contribution in [2.75, 3.05) is 0 Å². The predicted octanol–water partition coefficient (Wildman–Crippen LogP) is 1.56. The van der Waals surface area contributed by atoms with Gasteiger partial charge >= 0.3 is 0 Å². The van der Waals surface area contributed by atoms with Gasteiger partial charge in [-0.15, -0.1) is 0 Å². The standard InChI is InChI=1S/C7H8BrNOS/c8-5-6-3-1-2-4-7(6)11(9)10/h1-4H,5,9H2. The summed E-state index contributed by atoms with van der Waals surface area (Å²) in [6, 6.07) is 7.39. The lowest BCUT2D eigenvalue weighted by atomic mass is 10.2. The fourth-order valence-corrected chi connectivity index (χ4v) is 2.10. The molecule has 0 bridgehead atoms. The second-order valence-electron chi connectivity index (χ2n) is 2.04.